The molecule has 0 aromatic carbocycles. The molecule has 2 amide bonds. The summed E-state index contributed by atoms with van der Waals surface area (Å²) in [6.07, 6.45) is 7.14. The van der Waals surface area contributed by atoms with Gasteiger partial charge in [0.25, 0.3) is 0 Å². The van der Waals surface area contributed by atoms with Gasteiger partial charge >= 0.3 is 12.0 Å². The van der Waals surface area contributed by atoms with Gasteiger partial charge in [0.1, 0.15) is 0 Å². The van der Waals surface area contributed by atoms with Crippen LogP contribution in [0.4, 0.5) is 4.79 Å². The second-order valence-corrected chi connectivity index (χ2v) is 7.64. The van der Waals surface area contributed by atoms with Crippen molar-refractivity contribution in [2.75, 3.05) is 25.9 Å². The third-order valence-electron chi connectivity index (χ3n) is 4.99. The number of likely N-dealkylation sites (tertiary alicyclic amines) is 1. The van der Waals surface area contributed by atoms with E-state index in [4.69, 9.17) is 0 Å². The van der Waals surface area contributed by atoms with Gasteiger partial charge in [-0.1, -0.05) is 13.3 Å². The number of aliphatic carboxylic acids is 1. The molecule has 0 bridgehead atoms. The van der Waals surface area contributed by atoms with Crippen molar-refractivity contribution in [3.63, 3.8) is 0 Å². The summed E-state index contributed by atoms with van der Waals surface area (Å²) in [5.74, 6) is -0.705. The van der Waals surface area contributed by atoms with Gasteiger partial charge in [-0.2, -0.15) is 11.8 Å². The summed E-state index contributed by atoms with van der Waals surface area (Å²) >= 11 is 1.83. The zero-order chi connectivity index (χ0) is 15.5. The van der Waals surface area contributed by atoms with Crippen molar-refractivity contribution in [2.24, 2.45) is 5.41 Å². The molecule has 1 saturated carbocycles. The second kappa shape index (κ2) is 6.46. The van der Waals surface area contributed by atoms with Gasteiger partial charge in [-0.25, -0.2) is 4.79 Å². The number of carboxylic acid groups (broad SMARTS) is 1. The van der Waals surface area contributed by atoms with Crippen LogP contribution in [0, 0.1) is 5.41 Å². The molecule has 1 heterocycles. The maximum absolute atomic E-state index is 12.2. The zero-order valence-electron chi connectivity index (χ0n) is 13.0. The number of carbonyl (C=O) groups is 2. The van der Waals surface area contributed by atoms with Crippen molar-refractivity contribution in [3.05, 3.63) is 0 Å². The molecule has 0 radical (unpaired) electrons. The summed E-state index contributed by atoms with van der Waals surface area (Å²) in [6, 6.07) is -0.0363. The number of nitrogens with zero attached hydrogens (tertiary/aromatic N) is 1. The highest BCUT2D eigenvalue weighted by molar-refractivity contribution is 8.00. The quantitative estimate of drug-likeness (QED) is 0.790. The molecule has 2 aliphatic rings. The number of amides is 2. The van der Waals surface area contributed by atoms with E-state index < -0.39 is 11.4 Å². The number of rotatable bonds is 6. The molecular weight excluding hydrogens is 288 g/mol. The van der Waals surface area contributed by atoms with Crippen molar-refractivity contribution in [3.8, 4) is 0 Å². The summed E-state index contributed by atoms with van der Waals surface area (Å²) in [5.41, 5.74) is -0.623. The highest BCUT2D eigenvalue weighted by Gasteiger charge is 2.44. The van der Waals surface area contributed by atoms with Crippen molar-refractivity contribution >= 4 is 23.8 Å². The number of hydrogen-bond donors (Lipinski definition) is 2. The Hall–Kier alpha value is -0.910. The van der Waals surface area contributed by atoms with Crippen LogP contribution in [-0.4, -0.2) is 52.6 Å². The van der Waals surface area contributed by atoms with E-state index in [0.29, 0.717) is 32.4 Å². The molecule has 0 aromatic heterocycles. The van der Waals surface area contributed by atoms with E-state index in [9.17, 15) is 14.7 Å². The van der Waals surface area contributed by atoms with Crippen molar-refractivity contribution < 1.29 is 14.7 Å². The van der Waals surface area contributed by atoms with Gasteiger partial charge < -0.3 is 15.3 Å². The van der Waals surface area contributed by atoms with Gasteiger partial charge in [-0.3, -0.25) is 4.79 Å². The standard InChI is InChI=1S/C15H26N2O3S/c1-3-4-14(12(18)19)7-9-17(10-8-14)13(20)16-11-15(21-2)5-6-15/h3-11H2,1-2H3,(H,16,20)(H,18,19). The molecule has 0 atom stereocenters. The molecule has 5 nitrogen and oxygen atoms in total. The van der Waals surface area contributed by atoms with Gasteiger partial charge in [0, 0.05) is 24.4 Å². The summed E-state index contributed by atoms with van der Waals surface area (Å²) in [5, 5.41) is 12.5. The minimum atomic E-state index is -0.705. The van der Waals surface area contributed by atoms with Crippen LogP contribution in [0.1, 0.15) is 45.4 Å². The molecule has 0 spiro atoms. The van der Waals surface area contributed by atoms with E-state index in [1.54, 1.807) is 4.90 Å². The molecule has 1 saturated heterocycles. The minimum absolute atomic E-state index is 0.0363. The first kappa shape index (κ1) is 16.5. The number of urea groups is 1. The zero-order valence-corrected chi connectivity index (χ0v) is 13.8. The van der Waals surface area contributed by atoms with Gasteiger partial charge in [0.05, 0.1) is 5.41 Å². The molecule has 6 heteroatoms. The van der Waals surface area contributed by atoms with E-state index >= 15 is 0 Å². The molecule has 2 N–H and O–H groups in total. The highest BCUT2D eigenvalue weighted by Crippen LogP contribution is 2.46. The monoisotopic (exact) mass is 314 g/mol. The predicted molar refractivity (Wildman–Crippen MR) is 84.7 cm³/mol. The van der Waals surface area contributed by atoms with Crippen molar-refractivity contribution in [1.82, 2.24) is 10.2 Å². The van der Waals surface area contributed by atoms with Crippen LogP contribution >= 0.6 is 11.8 Å². The Kier molecular flexibility index (Phi) is 5.07. The van der Waals surface area contributed by atoms with E-state index in [-0.39, 0.29) is 10.8 Å². The molecule has 1 aliphatic carbocycles. The van der Waals surface area contributed by atoms with E-state index in [1.807, 2.05) is 18.7 Å². The average molecular weight is 314 g/mol. The first-order valence-corrected chi connectivity index (χ1v) is 9.01. The lowest BCUT2D eigenvalue weighted by Crippen LogP contribution is -2.50. The van der Waals surface area contributed by atoms with Crippen molar-refractivity contribution in [1.29, 1.82) is 0 Å². The Balaban J connectivity index is 1.82. The van der Waals surface area contributed by atoms with Crippen LogP contribution in [0.5, 0.6) is 0 Å². The lowest BCUT2D eigenvalue weighted by molar-refractivity contribution is -0.152. The number of thioether (sulfide) groups is 1. The fraction of sp³-hybridized carbons (Fsp3) is 0.867. The Morgan fingerprint density at radius 2 is 1.86 bits per heavy atom. The predicted octanol–water partition coefficient (Wildman–Crippen LogP) is 2.56. The third-order valence-corrected chi connectivity index (χ3v) is 6.41. The van der Waals surface area contributed by atoms with Crippen LogP contribution < -0.4 is 5.32 Å². The fourth-order valence-corrected chi connectivity index (χ4v) is 3.86. The third kappa shape index (κ3) is 3.65. The minimum Gasteiger partial charge on any atom is -0.481 e. The molecule has 0 unspecified atom stereocenters. The summed E-state index contributed by atoms with van der Waals surface area (Å²) < 4.78 is 0.262. The molecular formula is C15H26N2O3S. The SMILES string of the molecule is CCCC1(C(=O)O)CCN(C(=O)NCC2(SC)CC2)CC1. The topological polar surface area (TPSA) is 69.6 Å². The Labute approximate surface area is 130 Å². The maximum Gasteiger partial charge on any atom is 0.317 e. The first-order valence-electron chi connectivity index (χ1n) is 7.78. The molecule has 21 heavy (non-hydrogen) atoms. The van der Waals surface area contributed by atoms with E-state index in [1.165, 1.54) is 12.8 Å². The number of carbonyl (C=O) groups excluding carboxylic acids is 1. The molecule has 120 valence electrons. The van der Waals surface area contributed by atoms with Gasteiger partial charge in [0.2, 0.25) is 0 Å². The number of piperidine rings is 1. The van der Waals surface area contributed by atoms with Crippen LogP contribution in [-0.2, 0) is 4.79 Å². The summed E-state index contributed by atoms with van der Waals surface area (Å²) in [4.78, 5) is 25.5. The molecule has 1 aliphatic heterocycles. The number of nitrogens with one attached hydrogen (secondary N) is 1. The first-order chi connectivity index (χ1) is 9.97. The lowest BCUT2D eigenvalue weighted by Gasteiger charge is -2.38. The number of hydrogen-bond acceptors (Lipinski definition) is 3. The lowest BCUT2D eigenvalue weighted by atomic mass is 9.75. The van der Waals surface area contributed by atoms with Crippen molar-refractivity contribution in [2.45, 2.75) is 50.2 Å². The highest BCUT2D eigenvalue weighted by atomic mass is 32.2. The van der Waals surface area contributed by atoms with Gasteiger partial charge in [0.15, 0.2) is 0 Å². The molecule has 0 aromatic rings. The average Bonchev–Trinajstić information content (AvgIpc) is 3.26. The van der Waals surface area contributed by atoms with Gasteiger partial charge in [-0.05, 0) is 38.4 Å². The second-order valence-electron chi connectivity index (χ2n) is 6.37. The summed E-state index contributed by atoms with van der Waals surface area (Å²) in [7, 11) is 0. The van der Waals surface area contributed by atoms with Crippen LogP contribution in [0.2, 0.25) is 0 Å². The smallest absolute Gasteiger partial charge is 0.317 e. The fourth-order valence-electron chi connectivity index (χ4n) is 3.13. The van der Waals surface area contributed by atoms with E-state index in [0.717, 1.165) is 13.0 Å². The Morgan fingerprint density at radius 1 is 1.24 bits per heavy atom. The van der Waals surface area contributed by atoms with E-state index in [2.05, 4.69) is 11.6 Å². The van der Waals surface area contributed by atoms with Crippen LogP contribution in [0.3, 0.4) is 0 Å². The Bertz CT molecular complexity index is 402. The largest absolute Gasteiger partial charge is 0.481 e. The molecule has 2 fully saturated rings. The maximum atomic E-state index is 12.2. The van der Waals surface area contributed by atoms with Crippen LogP contribution in [0.25, 0.3) is 0 Å². The molecule has 2 rings (SSSR count). The van der Waals surface area contributed by atoms with Gasteiger partial charge in [-0.15, -0.1) is 0 Å². The summed E-state index contributed by atoms with van der Waals surface area (Å²) in [6.45, 7) is 3.83. The van der Waals surface area contributed by atoms with Crippen LogP contribution in [0.15, 0.2) is 0 Å². The number of carboxylic acids is 1. The normalized spacial score (nSPS) is 22.7. The Morgan fingerprint density at radius 3 is 2.29 bits per heavy atom.